The van der Waals surface area contributed by atoms with Gasteiger partial charge in [-0.15, -0.1) is 0 Å². The average Bonchev–Trinajstić information content (AvgIpc) is 2.72. The Morgan fingerprint density at radius 3 is 2.80 bits per heavy atom. The van der Waals surface area contributed by atoms with Gasteiger partial charge < -0.3 is 27.0 Å². The molecule has 2 aliphatic heterocycles. The first kappa shape index (κ1) is 15.1. The van der Waals surface area contributed by atoms with Crippen LogP contribution in [0.4, 0.5) is 0 Å². The molecule has 1 saturated heterocycles. The highest BCUT2D eigenvalue weighted by Crippen LogP contribution is 2.30. The minimum Gasteiger partial charge on any atom is -0.370 e. The maximum atomic E-state index is 6.43. The van der Waals surface area contributed by atoms with Crippen LogP contribution in [-0.4, -0.2) is 42.7 Å². The Balaban J connectivity index is 2.16. The molecule has 2 heterocycles. The topological polar surface area (TPSA) is 91.7 Å². The van der Waals surface area contributed by atoms with E-state index >= 15 is 0 Å². The quantitative estimate of drug-likeness (QED) is 0.590. The fourth-order valence-corrected chi connectivity index (χ4v) is 3.01. The van der Waals surface area contributed by atoms with Crippen LogP contribution < -0.4 is 22.1 Å². The van der Waals surface area contributed by atoms with Gasteiger partial charge in [-0.25, -0.2) is 4.99 Å². The van der Waals surface area contributed by atoms with E-state index < -0.39 is 5.66 Å². The first-order valence-corrected chi connectivity index (χ1v) is 7.27. The predicted molar refractivity (Wildman–Crippen MR) is 82.9 cm³/mol. The third-order valence-corrected chi connectivity index (χ3v) is 3.72. The SMILES string of the molecule is CNC1CCN(C2=CC(N)(CC(C)(C)C)N=C(N)N2)C1. The highest BCUT2D eigenvalue weighted by Gasteiger charge is 2.34. The van der Waals surface area contributed by atoms with E-state index in [0.717, 1.165) is 31.8 Å². The molecule has 6 N–H and O–H groups in total. The van der Waals surface area contributed by atoms with Gasteiger partial charge in [0.25, 0.3) is 0 Å². The molecule has 20 heavy (non-hydrogen) atoms. The lowest BCUT2D eigenvalue weighted by Gasteiger charge is -2.36. The van der Waals surface area contributed by atoms with Crippen molar-refractivity contribution in [3.63, 3.8) is 0 Å². The molecular weight excluding hydrogens is 252 g/mol. The van der Waals surface area contributed by atoms with E-state index in [1.807, 2.05) is 13.1 Å². The van der Waals surface area contributed by atoms with Gasteiger partial charge in [0.2, 0.25) is 0 Å². The number of nitrogens with one attached hydrogen (secondary N) is 2. The van der Waals surface area contributed by atoms with Crippen LogP contribution in [0.1, 0.15) is 33.6 Å². The van der Waals surface area contributed by atoms with Crippen molar-refractivity contribution < 1.29 is 0 Å². The molecule has 0 amide bonds. The largest absolute Gasteiger partial charge is 0.370 e. The van der Waals surface area contributed by atoms with Crippen molar-refractivity contribution in [2.75, 3.05) is 20.1 Å². The second kappa shape index (κ2) is 5.26. The fourth-order valence-electron chi connectivity index (χ4n) is 3.01. The highest BCUT2D eigenvalue weighted by molar-refractivity contribution is 5.81. The van der Waals surface area contributed by atoms with Crippen LogP contribution in [0.3, 0.4) is 0 Å². The number of aliphatic imine (C=N–C) groups is 1. The Hall–Kier alpha value is -1.27. The van der Waals surface area contributed by atoms with E-state index in [0.29, 0.717) is 12.0 Å². The monoisotopic (exact) mass is 280 g/mol. The van der Waals surface area contributed by atoms with Crippen LogP contribution in [-0.2, 0) is 0 Å². The number of guanidine groups is 1. The minimum absolute atomic E-state index is 0.0933. The van der Waals surface area contributed by atoms with Crippen LogP contribution >= 0.6 is 0 Å². The molecule has 0 saturated carbocycles. The number of rotatable bonds is 3. The summed E-state index contributed by atoms with van der Waals surface area (Å²) in [6, 6.07) is 0.521. The van der Waals surface area contributed by atoms with Gasteiger partial charge in [-0.2, -0.15) is 0 Å². The molecule has 0 bridgehead atoms. The van der Waals surface area contributed by atoms with E-state index in [1.54, 1.807) is 0 Å². The number of hydrogen-bond donors (Lipinski definition) is 4. The van der Waals surface area contributed by atoms with E-state index in [1.165, 1.54) is 0 Å². The van der Waals surface area contributed by atoms with E-state index in [9.17, 15) is 0 Å². The van der Waals surface area contributed by atoms with Gasteiger partial charge in [-0.1, -0.05) is 20.8 Å². The smallest absolute Gasteiger partial charge is 0.196 e. The number of likely N-dealkylation sites (tertiary alicyclic amines) is 1. The van der Waals surface area contributed by atoms with Crippen molar-refractivity contribution >= 4 is 5.96 Å². The van der Waals surface area contributed by atoms with Crippen LogP contribution in [0.15, 0.2) is 16.9 Å². The minimum atomic E-state index is -0.722. The van der Waals surface area contributed by atoms with Gasteiger partial charge in [0.15, 0.2) is 5.96 Å². The molecule has 0 aliphatic carbocycles. The summed E-state index contributed by atoms with van der Waals surface area (Å²) in [4.78, 5) is 6.69. The van der Waals surface area contributed by atoms with Crippen molar-refractivity contribution in [3.05, 3.63) is 11.9 Å². The molecule has 0 radical (unpaired) electrons. The van der Waals surface area contributed by atoms with Crippen LogP contribution in [0.5, 0.6) is 0 Å². The molecule has 2 unspecified atom stereocenters. The third-order valence-electron chi connectivity index (χ3n) is 3.72. The summed E-state index contributed by atoms with van der Waals surface area (Å²) in [6.45, 7) is 8.46. The zero-order valence-corrected chi connectivity index (χ0v) is 13.0. The summed E-state index contributed by atoms with van der Waals surface area (Å²) < 4.78 is 0. The molecule has 0 spiro atoms. The highest BCUT2D eigenvalue weighted by atomic mass is 15.3. The van der Waals surface area contributed by atoms with Gasteiger partial charge in [0.05, 0.1) is 0 Å². The first-order valence-electron chi connectivity index (χ1n) is 7.27. The van der Waals surface area contributed by atoms with Gasteiger partial charge in [-0.3, -0.25) is 0 Å². The Kier molecular flexibility index (Phi) is 3.97. The predicted octanol–water partition coefficient (Wildman–Crippen LogP) is 0.131. The number of hydrogen-bond acceptors (Lipinski definition) is 6. The zero-order valence-electron chi connectivity index (χ0n) is 13.0. The second-order valence-electron chi connectivity index (χ2n) is 7.10. The van der Waals surface area contributed by atoms with Gasteiger partial charge in [0, 0.05) is 19.1 Å². The molecule has 0 aromatic rings. The van der Waals surface area contributed by atoms with E-state index in [4.69, 9.17) is 11.5 Å². The molecule has 6 heteroatoms. The number of nitrogens with zero attached hydrogens (tertiary/aromatic N) is 2. The van der Waals surface area contributed by atoms with Gasteiger partial charge in [0.1, 0.15) is 11.5 Å². The van der Waals surface area contributed by atoms with Crippen LogP contribution in [0.25, 0.3) is 0 Å². The van der Waals surface area contributed by atoms with E-state index in [-0.39, 0.29) is 5.41 Å². The van der Waals surface area contributed by atoms with Crippen molar-refractivity contribution in [2.24, 2.45) is 21.9 Å². The lowest BCUT2D eigenvalue weighted by molar-refractivity contribution is 0.287. The summed E-state index contributed by atoms with van der Waals surface area (Å²) >= 11 is 0. The summed E-state index contributed by atoms with van der Waals surface area (Å²) in [5, 5.41) is 6.46. The summed E-state index contributed by atoms with van der Waals surface area (Å²) in [7, 11) is 2.00. The molecule has 6 nitrogen and oxygen atoms in total. The second-order valence-corrected chi connectivity index (χ2v) is 7.10. The normalized spacial score (nSPS) is 30.9. The number of nitrogens with two attached hydrogens (primary N) is 2. The fraction of sp³-hybridized carbons (Fsp3) is 0.786. The Morgan fingerprint density at radius 2 is 2.25 bits per heavy atom. The van der Waals surface area contributed by atoms with Crippen molar-refractivity contribution in [1.29, 1.82) is 0 Å². The molecule has 2 rings (SSSR count). The molecule has 2 aliphatic rings. The Bertz CT molecular complexity index is 422. The standard InChI is InChI=1S/C14H28N6/c1-13(2,3)9-14(16)7-11(18-12(15)19-14)20-6-5-10(8-20)17-4/h7,10,17H,5-6,8-9,16H2,1-4H3,(H3,15,18,19). The van der Waals surface area contributed by atoms with E-state index in [2.05, 4.69) is 41.3 Å². The van der Waals surface area contributed by atoms with Crippen molar-refractivity contribution in [1.82, 2.24) is 15.5 Å². The maximum absolute atomic E-state index is 6.43. The molecule has 114 valence electrons. The summed E-state index contributed by atoms with van der Waals surface area (Å²) in [5.74, 6) is 1.39. The summed E-state index contributed by atoms with van der Waals surface area (Å²) in [6.07, 6.45) is 3.91. The van der Waals surface area contributed by atoms with Crippen molar-refractivity contribution in [3.8, 4) is 0 Å². The number of likely N-dealkylation sites (N-methyl/N-ethyl adjacent to an activating group) is 1. The molecular formula is C14H28N6. The molecule has 0 aromatic carbocycles. The Morgan fingerprint density at radius 1 is 1.55 bits per heavy atom. The Labute approximate surface area is 121 Å². The lowest BCUT2D eigenvalue weighted by Crippen LogP contribution is -2.51. The average molecular weight is 280 g/mol. The zero-order chi connectivity index (χ0) is 15.0. The molecule has 2 atom stereocenters. The van der Waals surface area contributed by atoms with Crippen molar-refractivity contribution in [2.45, 2.75) is 45.3 Å². The van der Waals surface area contributed by atoms with Gasteiger partial charge >= 0.3 is 0 Å². The van der Waals surface area contributed by atoms with Crippen LogP contribution in [0, 0.1) is 5.41 Å². The molecule has 1 fully saturated rings. The maximum Gasteiger partial charge on any atom is 0.196 e. The first-order chi connectivity index (χ1) is 9.21. The lowest BCUT2D eigenvalue weighted by atomic mass is 9.84. The third kappa shape index (κ3) is 3.64. The van der Waals surface area contributed by atoms with Crippen LogP contribution in [0.2, 0.25) is 0 Å². The van der Waals surface area contributed by atoms with Gasteiger partial charge in [-0.05, 0) is 31.4 Å². The molecule has 0 aromatic heterocycles. The summed E-state index contributed by atoms with van der Waals surface area (Å²) in [5.41, 5.74) is 11.7.